The van der Waals surface area contributed by atoms with E-state index < -0.39 is 5.41 Å². The highest BCUT2D eigenvalue weighted by molar-refractivity contribution is 5.92. The second-order valence-electron chi connectivity index (χ2n) is 4.39. The summed E-state index contributed by atoms with van der Waals surface area (Å²) in [6.07, 6.45) is 1.44. The average molecular weight is 168 g/mol. The van der Waals surface area contributed by atoms with Crippen molar-refractivity contribution in [2.45, 2.75) is 39.4 Å². The van der Waals surface area contributed by atoms with Crippen LogP contribution in [0.25, 0.3) is 0 Å². The third-order valence-corrected chi connectivity index (χ3v) is 2.38. The normalized spacial score (nSPS) is 26.5. The number of epoxide rings is 1. The van der Waals surface area contributed by atoms with Crippen molar-refractivity contribution in [2.75, 3.05) is 0 Å². The van der Waals surface area contributed by atoms with E-state index in [-0.39, 0.29) is 17.5 Å². The molecule has 0 bridgehead atoms. The molecule has 0 unspecified atom stereocenters. The van der Waals surface area contributed by atoms with Crippen LogP contribution < -0.4 is 0 Å². The van der Waals surface area contributed by atoms with Gasteiger partial charge in [-0.2, -0.15) is 0 Å². The molecule has 0 amide bonds. The molecule has 1 saturated heterocycles. The molecule has 12 heavy (non-hydrogen) atoms. The molecule has 0 saturated carbocycles. The number of hydrogen-bond acceptors (Lipinski definition) is 2. The molecule has 2 heteroatoms. The fraction of sp³-hybridized carbons (Fsp3) is 0.700. The number of ketones is 1. The fourth-order valence-electron chi connectivity index (χ4n) is 1.08. The summed E-state index contributed by atoms with van der Waals surface area (Å²) in [6.45, 7) is 11.2. The molecule has 0 N–H and O–H groups in total. The summed E-state index contributed by atoms with van der Waals surface area (Å²) in [5.74, 6) is 0.127. The van der Waals surface area contributed by atoms with Gasteiger partial charge in [0.2, 0.25) is 0 Å². The Morgan fingerprint density at radius 2 is 2.00 bits per heavy atom. The molecule has 0 aromatic heterocycles. The molecule has 0 aromatic rings. The second-order valence-corrected chi connectivity index (χ2v) is 4.39. The smallest absolute Gasteiger partial charge is 0.173 e. The number of carbonyl (C=O) groups excluding carboxylic acids is 1. The topological polar surface area (TPSA) is 29.6 Å². The molecule has 0 aromatic carbocycles. The Morgan fingerprint density at radius 1 is 1.58 bits per heavy atom. The first kappa shape index (κ1) is 9.46. The zero-order chi connectivity index (χ0) is 9.57. The molecule has 1 aliphatic heterocycles. The molecule has 1 atom stereocenters. The van der Waals surface area contributed by atoms with Gasteiger partial charge in [0.15, 0.2) is 5.78 Å². The van der Waals surface area contributed by atoms with Crippen LogP contribution in [0.4, 0.5) is 0 Å². The Bertz CT molecular complexity index is 226. The van der Waals surface area contributed by atoms with Crippen molar-refractivity contribution in [3.05, 3.63) is 12.7 Å². The van der Waals surface area contributed by atoms with Gasteiger partial charge in [0.1, 0.15) is 6.10 Å². The van der Waals surface area contributed by atoms with E-state index in [1.54, 1.807) is 6.08 Å². The van der Waals surface area contributed by atoms with Gasteiger partial charge in [0.25, 0.3) is 0 Å². The van der Waals surface area contributed by atoms with E-state index in [1.165, 1.54) is 0 Å². The molecule has 2 nitrogen and oxygen atoms in total. The Morgan fingerprint density at radius 3 is 2.25 bits per heavy atom. The average Bonchev–Trinajstić information content (AvgIpc) is 2.58. The van der Waals surface area contributed by atoms with Crippen molar-refractivity contribution >= 4 is 5.78 Å². The summed E-state index contributed by atoms with van der Waals surface area (Å²) in [7, 11) is 0. The summed E-state index contributed by atoms with van der Waals surface area (Å²) < 4.78 is 5.26. The lowest BCUT2D eigenvalue weighted by atomic mass is 9.84. The van der Waals surface area contributed by atoms with Crippen LogP contribution in [0.5, 0.6) is 0 Å². The van der Waals surface area contributed by atoms with Gasteiger partial charge in [-0.15, -0.1) is 6.58 Å². The maximum absolute atomic E-state index is 11.7. The second kappa shape index (κ2) is 2.43. The third kappa shape index (κ3) is 1.44. The first-order valence-corrected chi connectivity index (χ1v) is 4.17. The predicted octanol–water partition coefficient (Wildman–Crippen LogP) is 1.95. The minimum absolute atomic E-state index is 0.127. The van der Waals surface area contributed by atoms with Crippen molar-refractivity contribution in [3.8, 4) is 0 Å². The van der Waals surface area contributed by atoms with Crippen molar-refractivity contribution in [3.63, 3.8) is 0 Å². The summed E-state index contributed by atoms with van der Waals surface area (Å²) in [5.41, 5.74) is -0.713. The fourth-order valence-corrected chi connectivity index (χ4v) is 1.08. The number of carbonyl (C=O) groups is 1. The van der Waals surface area contributed by atoms with Crippen molar-refractivity contribution < 1.29 is 9.53 Å². The zero-order valence-corrected chi connectivity index (χ0v) is 8.18. The van der Waals surface area contributed by atoms with Crippen LogP contribution in [0, 0.1) is 5.41 Å². The van der Waals surface area contributed by atoms with Crippen molar-refractivity contribution in [1.82, 2.24) is 0 Å². The Hall–Kier alpha value is -0.630. The van der Waals surface area contributed by atoms with Crippen molar-refractivity contribution in [2.24, 2.45) is 5.41 Å². The van der Waals surface area contributed by atoms with Gasteiger partial charge in [0, 0.05) is 5.41 Å². The maximum atomic E-state index is 11.7. The summed E-state index contributed by atoms with van der Waals surface area (Å²) in [5, 5.41) is 0. The van der Waals surface area contributed by atoms with Crippen LogP contribution in [0.1, 0.15) is 27.7 Å². The molecule has 1 aliphatic rings. The number of allylic oxidation sites excluding steroid dienone is 1. The predicted molar refractivity (Wildman–Crippen MR) is 47.9 cm³/mol. The van der Waals surface area contributed by atoms with Crippen LogP contribution in [0.2, 0.25) is 0 Å². The minimum atomic E-state index is -0.460. The van der Waals surface area contributed by atoms with Gasteiger partial charge >= 0.3 is 0 Å². The highest BCUT2D eigenvalue weighted by atomic mass is 16.6. The molecule has 1 heterocycles. The van der Waals surface area contributed by atoms with E-state index in [0.29, 0.717) is 0 Å². The van der Waals surface area contributed by atoms with Gasteiger partial charge in [-0.3, -0.25) is 4.79 Å². The zero-order valence-electron chi connectivity index (χ0n) is 8.18. The third-order valence-electron chi connectivity index (χ3n) is 2.38. The van der Waals surface area contributed by atoms with Gasteiger partial charge in [0.05, 0.1) is 5.60 Å². The number of hydrogen-bond donors (Lipinski definition) is 0. The highest BCUT2D eigenvalue weighted by Crippen LogP contribution is 2.40. The van der Waals surface area contributed by atoms with Crippen LogP contribution in [-0.4, -0.2) is 17.5 Å². The summed E-state index contributed by atoms with van der Waals surface area (Å²) >= 11 is 0. The van der Waals surface area contributed by atoms with Gasteiger partial charge in [-0.1, -0.05) is 6.08 Å². The van der Waals surface area contributed by atoms with E-state index >= 15 is 0 Å². The van der Waals surface area contributed by atoms with Crippen LogP contribution >= 0.6 is 0 Å². The lowest BCUT2D eigenvalue weighted by molar-refractivity contribution is -0.126. The van der Waals surface area contributed by atoms with Crippen molar-refractivity contribution in [1.29, 1.82) is 0 Å². The lowest BCUT2D eigenvalue weighted by Gasteiger charge is -2.16. The molecule has 1 rings (SSSR count). The molecule has 0 aliphatic carbocycles. The minimum Gasteiger partial charge on any atom is -0.358 e. The molecule has 68 valence electrons. The monoisotopic (exact) mass is 168 g/mol. The number of ether oxygens (including phenoxy) is 1. The van der Waals surface area contributed by atoms with E-state index in [0.717, 1.165) is 0 Å². The highest BCUT2D eigenvalue weighted by Gasteiger charge is 2.55. The van der Waals surface area contributed by atoms with Gasteiger partial charge in [-0.05, 0) is 27.7 Å². The maximum Gasteiger partial charge on any atom is 0.173 e. The lowest BCUT2D eigenvalue weighted by Crippen LogP contribution is -2.29. The van der Waals surface area contributed by atoms with E-state index in [2.05, 4.69) is 6.58 Å². The number of rotatable bonds is 3. The SMILES string of the molecule is C=CC(C)(C)C(=O)[C@@H]1OC1(C)C. The van der Waals surface area contributed by atoms with Crippen LogP contribution in [0.15, 0.2) is 12.7 Å². The molecular formula is C10H16O2. The largest absolute Gasteiger partial charge is 0.358 e. The molecule has 0 spiro atoms. The summed E-state index contributed by atoms with van der Waals surface area (Å²) in [4.78, 5) is 11.7. The molecule has 0 radical (unpaired) electrons. The molecular weight excluding hydrogens is 152 g/mol. The first-order valence-electron chi connectivity index (χ1n) is 4.17. The standard InChI is InChI=1S/C10H16O2/c1-6-9(2,3)7(11)8-10(4,5)12-8/h6,8H,1H2,2-5H3/t8-/m0/s1. The Kier molecular flexibility index (Phi) is 1.91. The Balaban J connectivity index is 2.68. The first-order chi connectivity index (χ1) is 5.31. The molecule has 1 fully saturated rings. The summed E-state index contributed by atoms with van der Waals surface area (Å²) in [6, 6.07) is 0. The van der Waals surface area contributed by atoms with E-state index in [4.69, 9.17) is 4.74 Å². The van der Waals surface area contributed by atoms with Crippen LogP contribution in [0.3, 0.4) is 0 Å². The van der Waals surface area contributed by atoms with Gasteiger partial charge < -0.3 is 4.74 Å². The Labute approximate surface area is 73.6 Å². The van der Waals surface area contributed by atoms with E-state index in [9.17, 15) is 4.79 Å². The van der Waals surface area contributed by atoms with E-state index in [1.807, 2.05) is 27.7 Å². The van der Waals surface area contributed by atoms with Crippen LogP contribution in [-0.2, 0) is 9.53 Å². The quantitative estimate of drug-likeness (QED) is 0.476. The van der Waals surface area contributed by atoms with Gasteiger partial charge in [-0.25, -0.2) is 0 Å². The number of Topliss-reactive ketones (excluding diaryl/α,β-unsaturated/α-hetero) is 1.